The van der Waals surface area contributed by atoms with Crippen LogP contribution in [0.3, 0.4) is 0 Å². The van der Waals surface area contributed by atoms with Gasteiger partial charge in [-0.2, -0.15) is 0 Å². The summed E-state index contributed by atoms with van der Waals surface area (Å²) < 4.78 is 5.96. The molecule has 2 saturated heterocycles. The Balaban J connectivity index is 1.36. The maximum atomic E-state index is 12.4. The second-order valence-electron chi connectivity index (χ2n) is 6.48. The van der Waals surface area contributed by atoms with E-state index < -0.39 is 0 Å². The minimum absolute atomic E-state index is 0.129. The third-order valence-corrected chi connectivity index (χ3v) is 4.75. The molecule has 0 spiro atoms. The van der Waals surface area contributed by atoms with Gasteiger partial charge in [0.1, 0.15) is 0 Å². The Morgan fingerprint density at radius 3 is 2.65 bits per heavy atom. The van der Waals surface area contributed by atoms with Crippen LogP contribution in [0.25, 0.3) is 0 Å². The number of hydrogen-bond acceptors (Lipinski definition) is 4. The van der Waals surface area contributed by atoms with E-state index in [0.717, 1.165) is 39.0 Å². The summed E-state index contributed by atoms with van der Waals surface area (Å²) in [5.74, 6) is 0.129. The molecule has 0 aromatic heterocycles. The number of β-amino-alcohol motifs (C(OH)–C–C–N with tert-alkyl or cyclic N) is 1. The van der Waals surface area contributed by atoms with Crippen molar-refractivity contribution in [3.63, 3.8) is 0 Å². The molecular formula is C18H26N2O3. The van der Waals surface area contributed by atoms with Crippen molar-refractivity contribution in [2.75, 3.05) is 26.2 Å². The molecule has 2 heterocycles. The minimum atomic E-state index is -0.386. The molecule has 5 nitrogen and oxygen atoms in total. The predicted molar refractivity (Wildman–Crippen MR) is 88.1 cm³/mol. The van der Waals surface area contributed by atoms with Crippen molar-refractivity contribution in [3.05, 3.63) is 35.9 Å². The number of likely N-dealkylation sites (tertiary alicyclic amines) is 1. The average Bonchev–Trinajstić information content (AvgIpc) is 3.02. The summed E-state index contributed by atoms with van der Waals surface area (Å²) in [5.41, 5.74) is 1.30. The van der Waals surface area contributed by atoms with Crippen LogP contribution < -0.4 is 5.32 Å². The lowest BCUT2D eigenvalue weighted by Crippen LogP contribution is -2.48. The SMILES string of the molecule is O=C([C@@H]1C[C@@H](O)CN1)N1CCC(OCCc2ccccc2)CC1. The van der Waals surface area contributed by atoms with Gasteiger partial charge >= 0.3 is 0 Å². The lowest BCUT2D eigenvalue weighted by molar-refractivity contribution is -0.135. The summed E-state index contributed by atoms with van der Waals surface area (Å²) in [5, 5.41) is 12.6. The van der Waals surface area contributed by atoms with Crippen molar-refractivity contribution in [3.8, 4) is 0 Å². The van der Waals surface area contributed by atoms with Crippen LogP contribution in [-0.4, -0.2) is 60.4 Å². The van der Waals surface area contributed by atoms with Crippen LogP contribution in [0.15, 0.2) is 30.3 Å². The van der Waals surface area contributed by atoms with E-state index >= 15 is 0 Å². The number of nitrogens with zero attached hydrogens (tertiary/aromatic N) is 1. The highest BCUT2D eigenvalue weighted by Crippen LogP contribution is 2.17. The molecule has 2 fully saturated rings. The smallest absolute Gasteiger partial charge is 0.239 e. The number of hydrogen-bond donors (Lipinski definition) is 2. The fourth-order valence-electron chi connectivity index (χ4n) is 3.36. The van der Waals surface area contributed by atoms with Gasteiger partial charge in [0.25, 0.3) is 0 Å². The van der Waals surface area contributed by atoms with Crippen LogP contribution in [0.2, 0.25) is 0 Å². The van der Waals surface area contributed by atoms with E-state index in [1.807, 2.05) is 23.1 Å². The molecule has 0 aliphatic carbocycles. The van der Waals surface area contributed by atoms with Crippen LogP contribution in [0.5, 0.6) is 0 Å². The van der Waals surface area contributed by atoms with Gasteiger partial charge in [-0.3, -0.25) is 4.79 Å². The van der Waals surface area contributed by atoms with Crippen molar-refractivity contribution in [1.29, 1.82) is 0 Å². The molecule has 126 valence electrons. The van der Waals surface area contributed by atoms with Gasteiger partial charge in [0.2, 0.25) is 5.91 Å². The summed E-state index contributed by atoms with van der Waals surface area (Å²) in [4.78, 5) is 14.3. The third kappa shape index (κ3) is 4.53. The molecule has 2 atom stereocenters. The average molecular weight is 318 g/mol. The van der Waals surface area contributed by atoms with Gasteiger partial charge in [-0.15, -0.1) is 0 Å². The molecule has 0 bridgehead atoms. The molecule has 1 amide bonds. The summed E-state index contributed by atoms with van der Waals surface area (Å²) in [7, 11) is 0. The molecule has 0 saturated carbocycles. The molecule has 3 rings (SSSR count). The Kier molecular flexibility index (Phi) is 5.65. The van der Waals surface area contributed by atoms with E-state index in [1.54, 1.807) is 0 Å². The summed E-state index contributed by atoms with van der Waals surface area (Å²) in [6.45, 7) is 2.76. The zero-order valence-electron chi connectivity index (χ0n) is 13.5. The fraction of sp³-hybridized carbons (Fsp3) is 0.611. The number of aliphatic hydroxyl groups is 1. The topological polar surface area (TPSA) is 61.8 Å². The van der Waals surface area contributed by atoms with Gasteiger partial charge in [0, 0.05) is 19.6 Å². The van der Waals surface area contributed by atoms with Crippen LogP contribution in [0.1, 0.15) is 24.8 Å². The van der Waals surface area contributed by atoms with Crippen LogP contribution >= 0.6 is 0 Å². The first-order valence-corrected chi connectivity index (χ1v) is 8.58. The second-order valence-corrected chi connectivity index (χ2v) is 6.48. The van der Waals surface area contributed by atoms with E-state index in [-0.39, 0.29) is 24.2 Å². The first kappa shape index (κ1) is 16.4. The zero-order valence-corrected chi connectivity index (χ0v) is 13.5. The van der Waals surface area contributed by atoms with E-state index in [9.17, 15) is 9.90 Å². The Labute approximate surface area is 137 Å². The van der Waals surface area contributed by atoms with Crippen molar-refractivity contribution in [2.45, 2.75) is 43.9 Å². The Morgan fingerprint density at radius 1 is 1.26 bits per heavy atom. The van der Waals surface area contributed by atoms with Gasteiger partial charge in [0.15, 0.2) is 0 Å². The Morgan fingerprint density at radius 2 is 2.00 bits per heavy atom. The van der Waals surface area contributed by atoms with Gasteiger partial charge < -0.3 is 20.1 Å². The van der Waals surface area contributed by atoms with Crippen LogP contribution in [-0.2, 0) is 16.0 Å². The molecular weight excluding hydrogens is 292 g/mol. The number of ether oxygens (including phenoxy) is 1. The molecule has 23 heavy (non-hydrogen) atoms. The number of nitrogens with one attached hydrogen (secondary N) is 1. The van der Waals surface area contributed by atoms with Gasteiger partial charge in [-0.1, -0.05) is 30.3 Å². The summed E-state index contributed by atoms with van der Waals surface area (Å²) in [6.07, 6.45) is 3.13. The summed E-state index contributed by atoms with van der Waals surface area (Å²) in [6, 6.07) is 10.2. The largest absolute Gasteiger partial charge is 0.392 e. The molecule has 2 aliphatic heterocycles. The molecule has 5 heteroatoms. The monoisotopic (exact) mass is 318 g/mol. The number of benzene rings is 1. The lowest BCUT2D eigenvalue weighted by atomic mass is 10.1. The third-order valence-electron chi connectivity index (χ3n) is 4.75. The Bertz CT molecular complexity index is 500. The summed E-state index contributed by atoms with van der Waals surface area (Å²) >= 11 is 0. The highest BCUT2D eigenvalue weighted by Gasteiger charge is 2.33. The first-order valence-electron chi connectivity index (χ1n) is 8.58. The Hall–Kier alpha value is -1.43. The highest BCUT2D eigenvalue weighted by atomic mass is 16.5. The van der Waals surface area contributed by atoms with Gasteiger partial charge in [-0.05, 0) is 31.2 Å². The number of carbonyl (C=O) groups is 1. The maximum Gasteiger partial charge on any atom is 0.239 e. The molecule has 0 radical (unpaired) electrons. The molecule has 2 N–H and O–H groups in total. The predicted octanol–water partition coefficient (Wildman–Crippen LogP) is 0.960. The zero-order chi connectivity index (χ0) is 16.1. The molecule has 1 aromatic rings. The number of carbonyl (C=O) groups excluding carboxylic acids is 1. The van der Waals surface area contributed by atoms with Crippen LogP contribution in [0, 0.1) is 0 Å². The van der Waals surface area contributed by atoms with Crippen molar-refractivity contribution < 1.29 is 14.6 Å². The number of aliphatic hydroxyl groups excluding tert-OH is 1. The number of rotatable bonds is 5. The second kappa shape index (κ2) is 7.90. The molecule has 0 unspecified atom stereocenters. The number of amides is 1. The van der Waals surface area contributed by atoms with Gasteiger partial charge in [-0.25, -0.2) is 0 Å². The first-order chi connectivity index (χ1) is 11.2. The van der Waals surface area contributed by atoms with Gasteiger partial charge in [0.05, 0.1) is 24.9 Å². The van der Waals surface area contributed by atoms with E-state index in [1.165, 1.54) is 5.56 Å². The maximum absolute atomic E-state index is 12.4. The van der Waals surface area contributed by atoms with Crippen molar-refractivity contribution in [2.24, 2.45) is 0 Å². The van der Waals surface area contributed by atoms with Crippen LogP contribution in [0.4, 0.5) is 0 Å². The van der Waals surface area contributed by atoms with E-state index in [2.05, 4.69) is 17.4 Å². The van der Waals surface area contributed by atoms with E-state index in [4.69, 9.17) is 4.74 Å². The van der Waals surface area contributed by atoms with Crippen molar-refractivity contribution >= 4 is 5.91 Å². The number of piperidine rings is 1. The molecule has 2 aliphatic rings. The van der Waals surface area contributed by atoms with Crippen molar-refractivity contribution in [1.82, 2.24) is 10.2 Å². The minimum Gasteiger partial charge on any atom is -0.392 e. The fourth-order valence-corrected chi connectivity index (χ4v) is 3.36. The highest BCUT2D eigenvalue weighted by molar-refractivity contribution is 5.82. The normalized spacial score (nSPS) is 25.7. The quantitative estimate of drug-likeness (QED) is 0.849. The standard InChI is InChI=1S/C18H26N2O3/c21-15-12-17(19-13-15)18(22)20-9-6-16(7-10-20)23-11-8-14-4-2-1-3-5-14/h1-5,15-17,19,21H,6-13H2/t15-,17+/m1/s1. The lowest BCUT2D eigenvalue weighted by Gasteiger charge is -2.33. The van der Waals surface area contributed by atoms with E-state index in [0.29, 0.717) is 13.0 Å². The molecule has 1 aromatic carbocycles.